The summed E-state index contributed by atoms with van der Waals surface area (Å²) in [5, 5.41) is 10.3. The number of pyridine rings is 1. The lowest BCUT2D eigenvalue weighted by Crippen LogP contribution is -2.49. The number of rotatable bonds is 6. The number of benzene rings is 1. The summed E-state index contributed by atoms with van der Waals surface area (Å²) in [6, 6.07) is 5.78. The molecule has 5 rings (SSSR count). The molecule has 2 aromatic rings. The third-order valence-corrected chi connectivity index (χ3v) is 8.19. The van der Waals surface area contributed by atoms with Crippen molar-refractivity contribution in [2.75, 3.05) is 62.7 Å². The highest BCUT2D eigenvalue weighted by Gasteiger charge is 2.39. The average molecular weight is 573 g/mol. The molecule has 2 fully saturated rings. The van der Waals surface area contributed by atoms with Crippen LogP contribution >= 0.6 is 0 Å². The largest absolute Gasteiger partial charge is 0.475 e. The zero-order valence-electron chi connectivity index (χ0n) is 22.9. The summed E-state index contributed by atoms with van der Waals surface area (Å²) in [7, 11) is 2.01. The van der Waals surface area contributed by atoms with Gasteiger partial charge < -0.3 is 24.3 Å². The molecule has 0 unspecified atom stereocenters. The van der Waals surface area contributed by atoms with Crippen LogP contribution in [0.1, 0.15) is 35.2 Å². The number of amides is 1. The summed E-state index contributed by atoms with van der Waals surface area (Å²) in [6.45, 7) is 6.78. The minimum absolute atomic E-state index is 0.00478. The van der Waals surface area contributed by atoms with Gasteiger partial charge in [-0.1, -0.05) is 12.6 Å². The predicted molar refractivity (Wildman–Crippen MR) is 145 cm³/mol. The molecule has 1 aromatic heterocycles. The highest BCUT2D eigenvalue weighted by atomic mass is 19.4. The SMILES string of the molecule is C=CC(=O)N1CCN(c2c(C#N)c(OC[C@@H]3CCCN3C)nc3c2CCN(c2cccc(F)c2C(F)(F)F)C3)CC1. The van der Waals surface area contributed by atoms with Crippen molar-refractivity contribution >= 4 is 17.3 Å². The van der Waals surface area contributed by atoms with Crippen LogP contribution in [0.25, 0.3) is 0 Å². The number of carbonyl (C=O) groups is 1. The van der Waals surface area contributed by atoms with Crippen molar-refractivity contribution in [1.82, 2.24) is 14.8 Å². The first kappa shape index (κ1) is 28.7. The molecule has 0 saturated carbocycles. The van der Waals surface area contributed by atoms with E-state index in [1.165, 1.54) is 23.1 Å². The quantitative estimate of drug-likeness (QED) is 0.383. The summed E-state index contributed by atoms with van der Waals surface area (Å²) in [5.74, 6) is -1.35. The summed E-state index contributed by atoms with van der Waals surface area (Å²) < 4.78 is 62.1. The molecule has 0 aliphatic carbocycles. The maximum absolute atomic E-state index is 14.4. The molecule has 0 spiro atoms. The van der Waals surface area contributed by atoms with Gasteiger partial charge in [-0.3, -0.25) is 4.79 Å². The fourth-order valence-electron chi connectivity index (χ4n) is 6.00. The van der Waals surface area contributed by atoms with Gasteiger partial charge in [-0.15, -0.1) is 0 Å². The number of halogens is 4. The monoisotopic (exact) mass is 572 g/mol. The van der Waals surface area contributed by atoms with Crippen molar-refractivity contribution in [3.8, 4) is 11.9 Å². The van der Waals surface area contributed by atoms with Crippen molar-refractivity contribution in [2.45, 2.75) is 38.0 Å². The third-order valence-electron chi connectivity index (χ3n) is 8.19. The Balaban J connectivity index is 1.53. The molecule has 3 aliphatic rings. The zero-order chi connectivity index (χ0) is 29.3. The van der Waals surface area contributed by atoms with Crippen LogP contribution in [0.3, 0.4) is 0 Å². The maximum Gasteiger partial charge on any atom is 0.421 e. The van der Waals surface area contributed by atoms with E-state index in [4.69, 9.17) is 4.74 Å². The molecular formula is C29H32F4N6O2. The van der Waals surface area contributed by atoms with E-state index in [-0.39, 0.29) is 42.2 Å². The molecule has 0 N–H and O–H groups in total. The number of fused-ring (bicyclic) bond motifs is 1. The molecule has 0 radical (unpaired) electrons. The maximum atomic E-state index is 14.4. The summed E-state index contributed by atoms with van der Waals surface area (Å²) in [4.78, 5) is 24.2. The van der Waals surface area contributed by atoms with Gasteiger partial charge in [0.05, 0.1) is 23.6 Å². The topological polar surface area (TPSA) is 75.9 Å². The van der Waals surface area contributed by atoms with E-state index >= 15 is 0 Å². The average Bonchev–Trinajstić information content (AvgIpc) is 3.38. The molecule has 1 aromatic carbocycles. The molecule has 41 heavy (non-hydrogen) atoms. The molecule has 12 heteroatoms. The second-order valence-electron chi connectivity index (χ2n) is 10.6. The highest BCUT2D eigenvalue weighted by Crippen LogP contribution is 2.42. The molecule has 218 valence electrons. The third kappa shape index (κ3) is 5.68. The number of aromatic nitrogens is 1. The fourth-order valence-corrected chi connectivity index (χ4v) is 6.00. The van der Waals surface area contributed by atoms with E-state index in [0.29, 0.717) is 50.6 Å². The number of carbonyl (C=O) groups excluding carboxylic acids is 1. The molecule has 3 aliphatic heterocycles. The fraction of sp³-hybridized carbons (Fsp3) is 0.483. The lowest BCUT2D eigenvalue weighted by Gasteiger charge is -2.39. The van der Waals surface area contributed by atoms with Crippen LogP contribution in [0.2, 0.25) is 0 Å². The Bertz CT molecular complexity index is 1370. The van der Waals surface area contributed by atoms with Crippen molar-refractivity contribution in [3.63, 3.8) is 0 Å². The van der Waals surface area contributed by atoms with Gasteiger partial charge in [-0.05, 0) is 51.1 Å². The standard InChI is InChI=1S/C29H32F4N6O2/c1-3-25(40)37-12-14-38(15-13-37)27-20-9-11-39(24-8-4-7-22(30)26(24)29(31,32)33)17-23(20)35-28(21(27)16-34)41-18-19-6-5-10-36(19)2/h3-4,7-8,19H,1,5-6,9-15,17-18H2,2H3/t19-/m0/s1. The predicted octanol–water partition coefficient (Wildman–Crippen LogP) is 3.98. The van der Waals surface area contributed by atoms with Gasteiger partial charge in [0.1, 0.15) is 29.6 Å². The van der Waals surface area contributed by atoms with Gasteiger partial charge in [0, 0.05) is 44.3 Å². The normalized spacial score (nSPS) is 19.6. The van der Waals surface area contributed by atoms with Gasteiger partial charge in [0.15, 0.2) is 0 Å². The van der Waals surface area contributed by atoms with Crippen LogP contribution in [0, 0.1) is 17.1 Å². The lowest BCUT2D eigenvalue weighted by molar-refractivity contribution is -0.139. The number of piperazine rings is 1. The number of nitriles is 1. The van der Waals surface area contributed by atoms with Crippen LogP contribution in [-0.4, -0.2) is 79.7 Å². The number of likely N-dealkylation sites (N-methyl/N-ethyl adjacent to an activating group) is 1. The first-order valence-electron chi connectivity index (χ1n) is 13.7. The molecule has 2 saturated heterocycles. The van der Waals surface area contributed by atoms with E-state index in [9.17, 15) is 27.6 Å². The Kier molecular flexibility index (Phi) is 8.09. The van der Waals surface area contributed by atoms with Crippen molar-refractivity contribution in [3.05, 3.63) is 59.1 Å². The van der Waals surface area contributed by atoms with Gasteiger partial charge in [0.25, 0.3) is 0 Å². The van der Waals surface area contributed by atoms with Crippen molar-refractivity contribution in [2.24, 2.45) is 0 Å². The molecule has 4 heterocycles. The van der Waals surface area contributed by atoms with Crippen LogP contribution in [0.4, 0.5) is 28.9 Å². The van der Waals surface area contributed by atoms with Gasteiger partial charge in [-0.25, -0.2) is 9.37 Å². The van der Waals surface area contributed by atoms with Gasteiger partial charge in [0.2, 0.25) is 11.8 Å². The van der Waals surface area contributed by atoms with E-state index in [0.717, 1.165) is 31.0 Å². The lowest BCUT2D eigenvalue weighted by atomic mass is 9.97. The first-order valence-corrected chi connectivity index (χ1v) is 13.7. The Morgan fingerprint density at radius 2 is 1.95 bits per heavy atom. The van der Waals surface area contributed by atoms with E-state index in [1.807, 2.05) is 11.9 Å². The Labute approximate surface area is 236 Å². The summed E-state index contributed by atoms with van der Waals surface area (Å²) in [5.41, 5.74) is 0.623. The number of hydrogen-bond donors (Lipinski definition) is 0. The summed E-state index contributed by atoms with van der Waals surface area (Å²) in [6.07, 6.45) is -1.31. The summed E-state index contributed by atoms with van der Waals surface area (Å²) >= 11 is 0. The van der Waals surface area contributed by atoms with Crippen molar-refractivity contribution in [1.29, 1.82) is 5.26 Å². The Morgan fingerprint density at radius 1 is 1.20 bits per heavy atom. The Hall–Kier alpha value is -3.85. The second kappa shape index (κ2) is 11.6. The van der Waals surface area contributed by atoms with E-state index < -0.39 is 17.6 Å². The Morgan fingerprint density at radius 3 is 2.59 bits per heavy atom. The number of alkyl halides is 3. The minimum Gasteiger partial charge on any atom is -0.475 e. The molecule has 8 nitrogen and oxygen atoms in total. The smallest absolute Gasteiger partial charge is 0.421 e. The minimum atomic E-state index is -4.87. The van der Waals surface area contributed by atoms with Gasteiger partial charge >= 0.3 is 6.18 Å². The zero-order valence-corrected chi connectivity index (χ0v) is 22.9. The van der Waals surface area contributed by atoms with E-state index in [2.05, 4.69) is 22.5 Å². The van der Waals surface area contributed by atoms with Gasteiger partial charge in [-0.2, -0.15) is 18.4 Å². The van der Waals surface area contributed by atoms with Crippen LogP contribution in [-0.2, 0) is 23.9 Å². The number of anilines is 2. The molecular weight excluding hydrogens is 540 g/mol. The van der Waals surface area contributed by atoms with Crippen LogP contribution in [0.15, 0.2) is 30.9 Å². The first-order chi connectivity index (χ1) is 19.6. The number of hydrogen-bond acceptors (Lipinski definition) is 7. The number of nitrogens with zero attached hydrogens (tertiary/aromatic N) is 6. The molecule has 1 amide bonds. The highest BCUT2D eigenvalue weighted by molar-refractivity contribution is 5.87. The molecule has 1 atom stereocenters. The number of ether oxygens (including phenoxy) is 1. The van der Waals surface area contributed by atoms with Crippen LogP contribution < -0.4 is 14.5 Å². The van der Waals surface area contributed by atoms with Crippen LogP contribution in [0.5, 0.6) is 5.88 Å². The van der Waals surface area contributed by atoms with E-state index in [1.54, 1.807) is 4.90 Å². The second-order valence-corrected chi connectivity index (χ2v) is 10.6. The molecule has 0 bridgehead atoms. The van der Waals surface area contributed by atoms with Crippen molar-refractivity contribution < 1.29 is 27.1 Å². The number of likely N-dealkylation sites (tertiary alicyclic amines) is 1.